The second-order valence-corrected chi connectivity index (χ2v) is 5.26. The van der Waals surface area contributed by atoms with E-state index in [-0.39, 0.29) is 11.2 Å². The van der Waals surface area contributed by atoms with E-state index in [1.165, 1.54) is 0 Å². The number of nitrogens with zero attached hydrogens (tertiary/aromatic N) is 4. The molecule has 0 fully saturated rings. The summed E-state index contributed by atoms with van der Waals surface area (Å²) in [6.07, 6.45) is 1.47. The second kappa shape index (κ2) is 9.00. The van der Waals surface area contributed by atoms with Crippen molar-refractivity contribution in [2.24, 2.45) is 5.92 Å². The summed E-state index contributed by atoms with van der Waals surface area (Å²) in [7, 11) is 0. The Bertz CT molecular complexity index is 424. The van der Waals surface area contributed by atoms with Gasteiger partial charge in [0.1, 0.15) is 0 Å². The van der Waals surface area contributed by atoms with E-state index < -0.39 is 6.10 Å². The van der Waals surface area contributed by atoms with Crippen LogP contribution in [0.15, 0.2) is 0 Å². The maximum absolute atomic E-state index is 10.1. The molecule has 0 aliphatic heterocycles. The minimum atomic E-state index is -0.424. The van der Waals surface area contributed by atoms with Gasteiger partial charge in [-0.05, 0) is 31.4 Å². The Kier molecular flexibility index (Phi) is 7.67. The zero-order valence-corrected chi connectivity index (χ0v) is 14.1. The smallest absolute Gasteiger partial charge is 0.231 e. The third-order valence-electron chi connectivity index (χ3n) is 3.70. The quantitative estimate of drug-likeness (QED) is 0.729. The maximum atomic E-state index is 10.1. The lowest BCUT2D eigenvalue weighted by Gasteiger charge is -2.21. The molecule has 0 aliphatic rings. The number of nitrogens with one attached hydrogen (secondary N) is 1. The Balaban J connectivity index is 2.75. The highest BCUT2D eigenvalue weighted by Crippen LogP contribution is 2.16. The molecular formula is C14H26ClN5O. The molecule has 6 nitrogen and oxygen atoms in total. The van der Waals surface area contributed by atoms with E-state index in [2.05, 4.69) is 34.1 Å². The van der Waals surface area contributed by atoms with Gasteiger partial charge in [0.2, 0.25) is 17.2 Å². The molecule has 0 bridgehead atoms. The zero-order valence-electron chi connectivity index (χ0n) is 13.3. The molecule has 120 valence electrons. The monoisotopic (exact) mass is 315 g/mol. The van der Waals surface area contributed by atoms with E-state index in [0.29, 0.717) is 18.4 Å². The zero-order chi connectivity index (χ0) is 15.8. The van der Waals surface area contributed by atoms with Gasteiger partial charge in [0.15, 0.2) is 0 Å². The summed E-state index contributed by atoms with van der Waals surface area (Å²) in [6, 6.07) is 0. The van der Waals surface area contributed by atoms with Crippen molar-refractivity contribution < 1.29 is 5.11 Å². The molecule has 1 aromatic rings. The van der Waals surface area contributed by atoms with Crippen LogP contribution in [0.25, 0.3) is 0 Å². The first-order valence-electron chi connectivity index (χ1n) is 7.63. The highest BCUT2D eigenvalue weighted by molar-refractivity contribution is 6.28. The Hall–Kier alpha value is -1.14. The third kappa shape index (κ3) is 5.28. The topological polar surface area (TPSA) is 74.2 Å². The van der Waals surface area contributed by atoms with Crippen molar-refractivity contribution >= 4 is 23.5 Å². The van der Waals surface area contributed by atoms with Crippen LogP contribution in [0.5, 0.6) is 0 Å². The normalized spacial score (nSPS) is 12.5. The number of aromatic nitrogens is 3. The molecule has 7 heteroatoms. The predicted molar refractivity (Wildman–Crippen MR) is 87.0 cm³/mol. The van der Waals surface area contributed by atoms with Crippen molar-refractivity contribution in [1.82, 2.24) is 15.0 Å². The fourth-order valence-electron chi connectivity index (χ4n) is 2.26. The molecule has 0 radical (unpaired) electrons. The largest absolute Gasteiger partial charge is 0.391 e. The van der Waals surface area contributed by atoms with Crippen molar-refractivity contribution in [2.45, 2.75) is 46.6 Å². The van der Waals surface area contributed by atoms with Gasteiger partial charge in [0.05, 0.1) is 6.10 Å². The van der Waals surface area contributed by atoms with E-state index in [1.54, 1.807) is 0 Å². The van der Waals surface area contributed by atoms with Crippen LogP contribution in [-0.2, 0) is 0 Å². The van der Waals surface area contributed by atoms with E-state index in [1.807, 2.05) is 18.7 Å². The van der Waals surface area contributed by atoms with Crippen LogP contribution in [0.4, 0.5) is 11.9 Å². The minimum Gasteiger partial charge on any atom is -0.391 e. The van der Waals surface area contributed by atoms with Gasteiger partial charge in [0, 0.05) is 19.6 Å². The summed E-state index contributed by atoms with van der Waals surface area (Å²) in [5.74, 6) is 1.23. The van der Waals surface area contributed by atoms with Gasteiger partial charge in [-0.2, -0.15) is 15.0 Å². The Labute approximate surface area is 132 Å². The predicted octanol–water partition coefficient (Wildman–Crippen LogP) is 2.58. The van der Waals surface area contributed by atoms with Crippen LogP contribution < -0.4 is 10.2 Å². The van der Waals surface area contributed by atoms with Crippen LogP contribution >= 0.6 is 11.6 Å². The van der Waals surface area contributed by atoms with Gasteiger partial charge in [-0.15, -0.1) is 0 Å². The molecule has 0 saturated carbocycles. The molecule has 0 aliphatic carbocycles. The number of rotatable bonds is 9. The molecule has 0 saturated heterocycles. The van der Waals surface area contributed by atoms with Crippen molar-refractivity contribution in [3.8, 4) is 0 Å². The van der Waals surface area contributed by atoms with E-state index >= 15 is 0 Å². The number of aliphatic hydroxyl groups excluding tert-OH is 1. The van der Waals surface area contributed by atoms with Gasteiger partial charge in [0.25, 0.3) is 0 Å². The molecular weight excluding hydrogens is 290 g/mol. The average molecular weight is 316 g/mol. The van der Waals surface area contributed by atoms with Crippen LogP contribution in [-0.4, -0.2) is 45.8 Å². The number of aliphatic hydroxyl groups is 1. The van der Waals surface area contributed by atoms with Gasteiger partial charge in [-0.1, -0.05) is 26.7 Å². The molecule has 1 aromatic heterocycles. The summed E-state index contributed by atoms with van der Waals surface area (Å²) in [5, 5.41) is 13.3. The van der Waals surface area contributed by atoms with E-state index in [0.717, 1.165) is 25.9 Å². The van der Waals surface area contributed by atoms with Gasteiger partial charge in [-0.3, -0.25) is 0 Å². The van der Waals surface area contributed by atoms with E-state index in [4.69, 9.17) is 11.6 Å². The Morgan fingerprint density at radius 2 is 1.71 bits per heavy atom. The molecule has 1 rings (SSSR count). The summed E-state index contributed by atoms with van der Waals surface area (Å²) >= 11 is 5.95. The van der Waals surface area contributed by atoms with Crippen molar-refractivity contribution in [3.63, 3.8) is 0 Å². The summed E-state index contributed by atoms with van der Waals surface area (Å²) in [5.41, 5.74) is 0. The molecule has 0 aromatic carbocycles. The minimum absolute atomic E-state index is 0.159. The standard InChI is InChI=1S/C14H26ClN5O/c1-5-10(6-2)11(21)9-16-13-17-12(15)18-14(19-13)20(7-3)8-4/h10-11,21H,5-9H2,1-4H3,(H,16,17,18,19). The lowest BCUT2D eigenvalue weighted by Crippen LogP contribution is -2.29. The van der Waals surface area contributed by atoms with Gasteiger partial charge < -0.3 is 15.3 Å². The average Bonchev–Trinajstić information content (AvgIpc) is 2.47. The number of hydrogen-bond acceptors (Lipinski definition) is 6. The third-order valence-corrected chi connectivity index (χ3v) is 3.87. The highest BCUT2D eigenvalue weighted by Gasteiger charge is 2.16. The summed E-state index contributed by atoms with van der Waals surface area (Å²) in [6.45, 7) is 10.2. The Morgan fingerprint density at radius 1 is 1.10 bits per heavy atom. The first kappa shape index (κ1) is 17.9. The van der Waals surface area contributed by atoms with Crippen LogP contribution in [0.2, 0.25) is 5.28 Å². The second-order valence-electron chi connectivity index (χ2n) is 4.93. The summed E-state index contributed by atoms with van der Waals surface area (Å²) in [4.78, 5) is 14.6. The first-order valence-corrected chi connectivity index (χ1v) is 8.01. The van der Waals surface area contributed by atoms with Crippen molar-refractivity contribution in [3.05, 3.63) is 5.28 Å². The molecule has 0 amide bonds. The lowest BCUT2D eigenvalue weighted by atomic mass is 9.97. The van der Waals surface area contributed by atoms with E-state index in [9.17, 15) is 5.11 Å². The molecule has 2 N–H and O–H groups in total. The Morgan fingerprint density at radius 3 is 2.24 bits per heavy atom. The molecule has 0 spiro atoms. The van der Waals surface area contributed by atoms with Gasteiger partial charge >= 0.3 is 0 Å². The fraction of sp³-hybridized carbons (Fsp3) is 0.786. The summed E-state index contributed by atoms with van der Waals surface area (Å²) < 4.78 is 0. The first-order chi connectivity index (χ1) is 10.0. The highest BCUT2D eigenvalue weighted by atomic mass is 35.5. The molecule has 21 heavy (non-hydrogen) atoms. The number of anilines is 2. The number of hydrogen-bond donors (Lipinski definition) is 2. The van der Waals surface area contributed by atoms with Crippen molar-refractivity contribution in [1.29, 1.82) is 0 Å². The maximum Gasteiger partial charge on any atom is 0.231 e. The van der Waals surface area contributed by atoms with Crippen LogP contribution in [0.3, 0.4) is 0 Å². The molecule has 1 heterocycles. The van der Waals surface area contributed by atoms with Crippen LogP contribution in [0.1, 0.15) is 40.5 Å². The van der Waals surface area contributed by atoms with Gasteiger partial charge in [-0.25, -0.2) is 0 Å². The van der Waals surface area contributed by atoms with Crippen LogP contribution in [0, 0.1) is 5.92 Å². The van der Waals surface area contributed by atoms with Crippen molar-refractivity contribution in [2.75, 3.05) is 29.9 Å². The lowest BCUT2D eigenvalue weighted by molar-refractivity contribution is 0.114. The molecule has 1 unspecified atom stereocenters. The SMILES string of the molecule is CCC(CC)C(O)CNc1nc(Cl)nc(N(CC)CC)n1. The number of halogens is 1. The molecule has 1 atom stereocenters. The fourth-order valence-corrected chi connectivity index (χ4v) is 2.42.